The Morgan fingerprint density at radius 1 is 1.29 bits per heavy atom. The molecular formula is C11H26N2O. The number of nitrogens with zero attached hydrogens (tertiary/aromatic N) is 1. The molecule has 0 amide bonds. The van der Waals surface area contributed by atoms with Crippen molar-refractivity contribution in [3.05, 3.63) is 0 Å². The molecule has 86 valence electrons. The Balaban J connectivity index is 3.60. The zero-order valence-electron chi connectivity index (χ0n) is 10.2. The van der Waals surface area contributed by atoms with Crippen molar-refractivity contribution in [2.24, 2.45) is 5.92 Å². The van der Waals surface area contributed by atoms with Crippen LogP contribution in [-0.4, -0.2) is 49.3 Å². The van der Waals surface area contributed by atoms with E-state index in [9.17, 15) is 5.11 Å². The highest BCUT2D eigenvalue weighted by molar-refractivity contribution is 4.70. The Morgan fingerprint density at radius 3 is 2.29 bits per heavy atom. The van der Waals surface area contributed by atoms with Crippen molar-refractivity contribution in [3.8, 4) is 0 Å². The van der Waals surface area contributed by atoms with Crippen LogP contribution < -0.4 is 5.32 Å². The largest absolute Gasteiger partial charge is 0.390 e. The molecule has 0 aliphatic rings. The molecule has 0 saturated heterocycles. The van der Waals surface area contributed by atoms with Gasteiger partial charge in [0.1, 0.15) is 0 Å². The summed E-state index contributed by atoms with van der Waals surface area (Å²) < 4.78 is 0. The molecule has 0 radical (unpaired) electrons. The molecule has 0 spiro atoms. The molecule has 3 heteroatoms. The lowest BCUT2D eigenvalue weighted by Gasteiger charge is -2.23. The number of hydrogen-bond donors (Lipinski definition) is 2. The minimum atomic E-state index is -0.267. The number of aliphatic hydroxyl groups is 1. The van der Waals surface area contributed by atoms with Crippen LogP contribution in [0.25, 0.3) is 0 Å². The summed E-state index contributed by atoms with van der Waals surface area (Å²) in [7, 11) is 3.95. The van der Waals surface area contributed by atoms with Gasteiger partial charge in [-0.3, -0.25) is 0 Å². The summed E-state index contributed by atoms with van der Waals surface area (Å²) >= 11 is 0. The van der Waals surface area contributed by atoms with E-state index >= 15 is 0 Å². The summed E-state index contributed by atoms with van der Waals surface area (Å²) in [6.45, 7) is 8.01. The van der Waals surface area contributed by atoms with Crippen LogP contribution in [0.2, 0.25) is 0 Å². The van der Waals surface area contributed by atoms with Crippen LogP contribution in [0.4, 0.5) is 0 Å². The standard InChI is InChI=1S/C11H26N2O/c1-6-9(2)10(3)12-7-11(14)8-13(4)5/h9-12,14H,6-8H2,1-5H3. The van der Waals surface area contributed by atoms with Crippen molar-refractivity contribution in [1.29, 1.82) is 0 Å². The predicted molar refractivity (Wildman–Crippen MR) is 61.5 cm³/mol. The summed E-state index contributed by atoms with van der Waals surface area (Å²) in [5.41, 5.74) is 0. The third-order valence-corrected chi connectivity index (χ3v) is 2.75. The first-order chi connectivity index (χ1) is 6.47. The van der Waals surface area contributed by atoms with Crippen LogP contribution >= 0.6 is 0 Å². The van der Waals surface area contributed by atoms with E-state index in [1.807, 2.05) is 19.0 Å². The van der Waals surface area contributed by atoms with Crippen molar-refractivity contribution in [1.82, 2.24) is 10.2 Å². The summed E-state index contributed by atoms with van der Waals surface area (Å²) in [4.78, 5) is 2.00. The average Bonchev–Trinajstić information content (AvgIpc) is 2.11. The quantitative estimate of drug-likeness (QED) is 0.645. The highest BCUT2D eigenvalue weighted by Crippen LogP contribution is 2.06. The van der Waals surface area contributed by atoms with Gasteiger partial charge in [0.15, 0.2) is 0 Å². The minimum Gasteiger partial charge on any atom is -0.390 e. The number of nitrogens with one attached hydrogen (secondary N) is 1. The van der Waals surface area contributed by atoms with Gasteiger partial charge in [0.25, 0.3) is 0 Å². The first-order valence-electron chi connectivity index (χ1n) is 5.53. The van der Waals surface area contributed by atoms with Crippen LogP contribution in [0, 0.1) is 5.92 Å². The monoisotopic (exact) mass is 202 g/mol. The maximum Gasteiger partial charge on any atom is 0.0791 e. The average molecular weight is 202 g/mol. The van der Waals surface area contributed by atoms with Crippen LogP contribution in [-0.2, 0) is 0 Å². The predicted octanol–water partition coefficient (Wildman–Crippen LogP) is 0.933. The molecule has 0 aliphatic carbocycles. The first-order valence-corrected chi connectivity index (χ1v) is 5.53. The van der Waals surface area contributed by atoms with Gasteiger partial charge < -0.3 is 15.3 Å². The maximum atomic E-state index is 9.62. The lowest BCUT2D eigenvalue weighted by Crippen LogP contribution is -2.41. The van der Waals surface area contributed by atoms with E-state index in [1.165, 1.54) is 6.42 Å². The summed E-state index contributed by atoms with van der Waals surface area (Å²) in [6.07, 6.45) is 0.911. The normalized spacial score (nSPS) is 18.2. The Labute approximate surface area is 88.5 Å². The molecule has 0 rings (SSSR count). The lowest BCUT2D eigenvalue weighted by molar-refractivity contribution is 0.129. The Morgan fingerprint density at radius 2 is 1.86 bits per heavy atom. The molecule has 14 heavy (non-hydrogen) atoms. The highest BCUT2D eigenvalue weighted by atomic mass is 16.3. The molecule has 3 atom stereocenters. The van der Waals surface area contributed by atoms with Gasteiger partial charge in [-0.1, -0.05) is 20.3 Å². The second-order valence-corrected chi connectivity index (χ2v) is 4.50. The van der Waals surface area contributed by atoms with Crippen LogP contribution in [0.1, 0.15) is 27.2 Å². The molecular weight excluding hydrogens is 176 g/mol. The number of likely N-dealkylation sites (N-methyl/N-ethyl adjacent to an activating group) is 1. The zero-order chi connectivity index (χ0) is 11.1. The van der Waals surface area contributed by atoms with Gasteiger partial charge in [-0.05, 0) is 26.9 Å². The maximum absolute atomic E-state index is 9.62. The Bertz CT molecular complexity index is 139. The molecule has 0 aromatic heterocycles. The summed E-state index contributed by atoms with van der Waals surface area (Å²) in [5.74, 6) is 0.668. The smallest absolute Gasteiger partial charge is 0.0791 e. The number of rotatable bonds is 7. The second kappa shape index (κ2) is 7.21. The van der Waals surface area contributed by atoms with Crippen molar-refractivity contribution in [3.63, 3.8) is 0 Å². The number of aliphatic hydroxyl groups excluding tert-OH is 1. The Kier molecular flexibility index (Phi) is 7.15. The molecule has 0 saturated carbocycles. The van der Waals surface area contributed by atoms with Crippen molar-refractivity contribution < 1.29 is 5.11 Å². The fourth-order valence-electron chi connectivity index (χ4n) is 1.36. The number of hydrogen-bond acceptors (Lipinski definition) is 3. The third-order valence-electron chi connectivity index (χ3n) is 2.75. The van der Waals surface area contributed by atoms with Gasteiger partial charge in [-0.25, -0.2) is 0 Å². The molecule has 0 heterocycles. The van der Waals surface area contributed by atoms with Gasteiger partial charge in [0.2, 0.25) is 0 Å². The van der Waals surface area contributed by atoms with Crippen LogP contribution in [0.3, 0.4) is 0 Å². The van der Waals surface area contributed by atoms with E-state index in [-0.39, 0.29) is 6.10 Å². The molecule has 0 bridgehead atoms. The third kappa shape index (κ3) is 6.35. The fourth-order valence-corrected chi connectivity index (χ4v) is 1.36. The molecule has 0 aliphatic heterocycles. The minimum absolute atomic E-state index is 0.267. The van der Waals surface area contributed by atoms with E-state index in [0.29, 0.717) is 18.5 Å². The van der Waals surface area contributed by atoms with E-state index in [4.69, 9.17) is 0 Å². The van der Waals surface area contributed by atoms with E-state index in [1.54, 1.807) is 0 Å². The summed E-state index contributed by atoms with van der Waals surface area (Å²) in [6, 6.07) is 0.483. The molecule has 3 unspecified atom stereocenters. The lowest BCUT2D eigenvalue weighted by atomic mass is 10.0. The van der Waals surface area contributed by atoms with Crippen molar-refractivity contribution >= 4 is 0 Å². The zero-order valence-corrected chi connectivity index (χ0v) is 10.2. The van der Waals surface area contributed by atoms with Gasteiger partial charge in [-0.15, -0.1) is 0 Å². The molecule has 2 N–H and O–H groups in total. The van der Waals surface area contributed by atoms with Gasteiger partial charge in [0, 0.05) is 19.1 Å². The van der Waals surface area contributed by atoms with Gasteiger partial charge in [-0.2, -0.15) is 0 Å². The Hall–Kier alpha value is -0.120. The van der Waals surface area contributed by atoms with E-state index < -0.39 is 0 Å². The molecule has 0 fully saturated rings. The van der Waals surface area contributed by atoms with E-state index in [0.717, 1.165) is 6.54 Å². The van der Waals surface area contributed by atoms with Crippen molar-refractivity contribution in [2.45, 2.75) is 39.3 Å². The molecule has 0 aromatic rings. The topological polar surface area (TPSA) is 35.5 Å². The van der Waals surface area contributed by atoms with Gasteiger partial charge >= 0.3 is 0 Å². The van der Waals surface area contributed by atoms with Crippen LogP contribution in [0.5, 0.6) is 0 Å². The fraction of sp³-hybridized carbons (Fsp3) is 1.00. The van der Waals surface area contributed by atoms with Gasteiger partial charge in [0.05, 0.1) is 6.10 Å². The SMILES string of the molecule is CCC(C)C(C)NCC(O)CN(C)C. The van der Waals surface area contributed by atoms with Crippen molar-refractivity contribution in [2.75, 3.05) is 27.2 Å². The second-order valence-electron chi connectivity index (χ2n) is 4.50. The highest BCUT2D eigenvalue weighted by Gasteiger charge is 2.11. The molecule has 3 nitrogen and oxygen atoms in total. The van der Waals surface area contributed by atoms with E-state index in [2.05, 4.69) is 26.1 Å². The molecule has 0 aromatic carbocycles. The van der Waals surface area contributed by atoms with Crippen LogP contribution in [0.15, 0.2) is 0 Å². The first kappa shape index (κ1) is 13.9. The summed E-state index contributed by atoms with van der Waals surface area (Å²) in [5, 5.41) is 13.0.